The fourth-order valence-corrected chi connectivity index (χ4v) is 21.0. The molecule has 1 aliphatic carbocycles. The van der Waals surface area contributed by atoms with E-state index < -0.39 is 40.8 Å². The second-order valence-corrected chi connectivity index (χ2v) is 29.7. The van der Waals surface area contributed by atoms with Gasteiger partial charge in [0.05, 0.1) is 12.0 Å². The van der Waals surface area contributed by atoms with Crippen molar-refractivity contribution < 1.29 is 23.1 Å². The van der Waals surface area contributed by atoms with Gasteiger partial charge in [0, 0.05) is 9.58 Å². The molecular weight excluding hydrogens is 856 g/mol. The number of allylic oxidation sites excluding steroid dienone is 2. The second-order valence-electron chi connectivity index (χ2n) is 20.1. The second kappa shape index (κ2) is 20.4. The molecule has 0 bridgehead atoms. The first-order valence-electron chi connectivity index (χ1n) is 23.3. The van der Waals surface area contributed by atoms with Gasteiger partial charge in [0.15, 0.2) is 0 Å². The molecule has 7 rings (SSSR count). The van der Waals surface area contributed by atoms with Gasteiger partial charge in [-0.3, -0.25) is 4.79 Å². The van der Waals surface area contributed by atoms with Crippen molar-refractivity contribution in [2.45, 2.75) is 109 Å². The molecule has 1 heterocycles. The molecule has 8 heteroatoms. The minimum atomic E-state index is -3.24. The Kier molecular flexibility index (Phi) is 15.2. The fraction of sp³-hybridized carbons (Fsp3) is 0.351. The van der Waals surface area contributed by atoms with Crippen molar-refractivity contribution in [3.8, 4) is 0 Å². The molecule has 0 saturated heterocycles. The van der Waals surface area contributed by atoms with Crippen LogP contribution in [0.25, 0.3) is 10.1 Å². The SMILES string of the molecule is C=C1C[C@@H](O[Si](c2ccccc2)(c2ccccc2)C(C)(C)C)[C@H](CC(F)C(O[Si](c2ccccc2)(c2ccccc2)C(C)(C)C)c2cc3ccccc3s2)[C@H]1C/C=C\CCC(C)C(=O)O. The summed E-state index contributed by atoms with van der Waals surface area (Å²) < 4.78 is 35.8. The molecule has 3 unspecified atom stereocenters. The summed E-state index contributed by atoms with van der Waals surface area (Å²) in [6.07, 6.45) is 4.41. The summed E-state index contributed by atoms with van der Waals surface area (Å²) in [5.74, 6) is -1.48. The van der Waals surface area contributed by atoms with E-state index in [9.17, 15) is 9.90 Å². The lowest BCUT2D eigenvalue weighted by Crippen LogP contribution is -2.68. The first-order chi connectivity index (χ1) is 31.1. The smallest absolute Gasteiger partial charge is 0.306 e. The van der Waals surface area contributed by atoms with Crippen molar-refractivity contribution in [3.05, 3.63) is 181 Å². The quantitative estimate of drug-likeness (QED) is 0.0689. The van der Waals surface area contributed by atoms with E-state index in [1.165, 1.54) is 10.4 Å². The summed E-state index contributed by atoms with van der Waals surface area (Å²) in [4.78, 5) is 12.5. The van der Waals surface area contributed by atoms with Gasteiger partial charge in [0.25, 0.3) is 16.6 Å². The maximum absolute atomic E-state index is 18.8. The van der Waals surface area contributed by atoms with Crippen LogP contribution in [0.2, 0.25) is 10.1 Å². The van der Waals surface area contributed by atoms with Gasteiger partial charge in [-0.25, -0.2) is 4.39 Å². The van der Waals surface area contributed by atoms with E-state index in [-0.39, 0.29) is 34.4 Å². The molecular formula is C57H67FO4SSi2. The fourth-order valence-electron chi connectivity index (χ4n) is 10.4. The highest BCUT2D eigenvalue weighted by Crippen LogP contribution is 2.50. The monoisotopic (exact) mass is 922 g/mol. The van der Waals surface area contributed by atoms with Crippen LogP contribution in [0.1, 0.15) is 91.6 Å². The molecule has 0 amide bonds. The Morgan fingerprint density at radius 1 is 0.754 bits per heavy atom. The predicted molar refractivity (Wildman–Crippen MR) is 276 cm³/mol. The number of benzene rings is 5. The van der Waals surface area contributed by atoms with Crippen LogP contribution >= 0.6 is 11.3 Å². The molecule has 1 aromatic heterocycles. The number of rotatable bonds is 18. The normalized spacial score (nSPS) is 18.8. The first kappa shape index (κ1) is 48.2. The number of carbonyl (C=O) groups is 1. The van der Waals surface area contributed by atoms with Gasteiger partial charge in [-0.15, -0.1) is 11.3 Å². The number of fused-ring (bicyclic) bond motifs is 1. The minimum absolute atomic E-state index is 0.0551. The van der Waals surface area contributed by atoms with Crippen LogP contribution in [-0.2, 0) is 13.6 Å². The lowest BCUT2D eigenvalue weighted by molar-refractivity contribution is -0.141. The number of alkyl halides is 1. The van der Waals surface area contributed by atoms with Gasteiger partial charge in [-0.05, 0) is 92.3 Å². The third-order valence-corrected chi connectivity index (χ3v) is 25.0. The van der Waals surface area contributed by atoms with E-state index in [1.807, 2.05) is 24.3 Å². The van der Waals surface area contributed by atoms with Crippen molar-refractivity contribution in [1.29, 1.82) is 0 Å². The highest BCUT2D eigenvalue weighted by Gasteiger charge is 2.56. The third kappa shape index (κ3) is 10.2. The largest absolute Gasteiger partial charge is 0.481 e. The average Bonchev–Trinajstić information content (AvgIpc) is 3.85. The van der Waals surface area contributed by atoms with Gasteiger partial charge < -0.3 is 14.0 Å². The van der Waals surface area contributed by atoms with E-state index in [0.29, 0.717) is 25.7 Å². The number of carboxylic acids is 1. The average molecular weight is 923 g/mol. The van der Waals surface area contributed by atoms with Crippen LogP contribution in [0.4, 0.5) is 4.39 Å². The topological polar surface area (TPSA) is 55.8 Å². The Balaban J connectivity index is 1.36. The molecule has 340 valence electrons. The molecule has 1 fully saturated rings. The van der Waals surface area contributed by atoms with E-state index >= 15 is 4.39 Å². The van der Waals surface area contributed by atoms with Crippen molar-refractivity contribution in [1.82, 2.24) is 0 Å². The Labute approximate surface area is 393 Å². The van der Waals surface area contributed by atoms with Gasteiger partial charge in [0.2, 0.25) is 0 Å². The van der Waals surface area contributed by atoms with Crippen LogP contribution in [0.15, 0.2) is 176 Å². The molecule has 4 nitrogen and oxygen atoms in total. The van der Waals surface area contributed by atoms with Crippen LogP contribution in [0, 0.1) is 17.8 Å². The predicted octanol–water partition coefficient (Wildman–Crippen LogP) is 12.8. The molecule has 0 spiro atoms. The molecule has 0 radical (unpaired) electrons. The number of carboxylic acid groups (broad SMARTS) is 1. The van der Waals surface area contributed by atoms with Crippen LogP contribution in [0.3, 0.4) is 0 Å². The number of halogens is 1. The summed E-state index contributed by atoms with van der Waals surface area (Å²) in [7, 11) is -6.30. The third-order valence-electron chi connectivity index (χ3n) is 13.7. The zero-order valence-electron chi connectivity index (χ0n) is 39.3. The Bertz CT molecular complexity index is 2400. The lowest BCUT2D eigenvalue weighted by atomic mass is 9.85. The molecule has 5 aromatic carbocycles. The van der Waals surface area contributed by atoms with E-state index in [0.717, 1.165) is 30.9 Å². The maximum Gasteiger partial charge on any atom is 0.306 e. The van der Waals surface area contributed by atoms with Crippen molar-refractivity contribution in [2.24, 2.45) is 17.8 Å². The van der Waals surface area contributed by atoms with Gasteiger partial charge in [-0.1, -0.05) is 212 Å². The van der Waals surface area contributed by atoms with Crippen LogP contribution in [0.5, 0.6) is 0 Å². The summed E-state index contributed by atoms with van der Waals surface area (Å²) >= 11 is 1.63. The first-order valence-corrected chi connectivity index (χ1v) is 28.0. The van der Waals surface area contributed by atoms with Crippen molar-refractivity contribution in [2.75, 3.05) is 0 Å². The van der Waals surface area contributed by atoms with Gasteiger partial charge >= 0.3 is 5.97 Å². The molecule has 65 heavy (non-hydrogen) atoms. The molecule has 6 atom stereocenters. The molecule has 1 N–H and O–H groups in total. The number of aliphatic carboxylic acids is 1. The number of thiophene rings is 1. The van der Waals surface area contributed by atoms with E-state index in [1.54, 1.807) is 18.3 Å². The standard InChI is InChI=1S/C57H67FO4SSi2/c1-41(55(59)60)26-14-9-23-36-48-42(2)38-51(61-64(56(3,4)5,44-28-15-10-16-29-44)45-30-17-11-18-31-45)49(48)40-50(58)54(53-39-43-27-24-25-37-52(43)63-53)62-65(57(6,7)8,46-32-19-12-20-33-46)47-34-21-13-22-35-47/h9-13,15-25,27-35,37,39,41,48-51,54H,2,14,26,36,38,40H2,1,3-8H3,(H,59,60)/b23-9-/t41?,48-,49+,50?,51+,54?/m0/s1. The molecule has 1 aliphatic rings. The van der Waals surface area contributed by atoms with E-state index in [2.05, 4.69) is 181 Å². The number of hydrogen-bond donors (Lipinski definition) is 1. The zero-order valence-corrected chi connectivity index (χ0v) is 42.1. The summed E-state index contributed by atoms with van der Waals surface area (Å²) in [6.45, 7) is 20.1. The van der Waals surface area contributed by atoms with E-state index in [4.69, 9.17) is 15.4 Å². The highest BCUT2D eigenvalue weighted by atomic mass is 32.1. The van der Waals surface area contributed by atoms with Crippen LogP contribution < -0.4 is 20.7 Å². The molecule has 6 aromatic rings. The molecule has 1 saturated carbocycles. The highest BCUT2D eigenvalue weighted by molar-refractivity contribution is 7.19. The summed E-state index contributed by atoms with van der Waals surface area (Å²) in [5, 5.41) is 14.6. The van der Waals surface area contributed by atoms with Crippen molar-refractivity contribution in [3.63, 3.8) is 0 Å². The van der Waals surface area contributed by atoms with Gasteiger partial charge in [-0.2, -0.15) is 0 Å². The van der Waals surface area contributed by atoms with Gasteiger partial charge in [0.1, 0.15) is 12.3 Å². The zero-order chi connectivity index (χ0) is 46.4. The molecule has 0 aliphatic heterocycles. The summed E-state index contributed by atoms with van der Waals surface area (Å²) in [5.41, 5.74) is 1.07. The van der Waals surface area contributed by atoms with Crippen molar-refractivity contribution >= 4 is 64.8 Å². The minimum Gasteiger partial charge on any atom is -0.481 e. The summed E-state index contributed by atoms with van der Waals surface area (Å²) in [6, 6.07) is 53.0. The Morgan fingerprint density at radius 3 is 1.71 bits per heavy atom. The Morgan fingerprint density at radius 2 is 1.23 bits per heavy atom. The Hall–Kier alpha value is -4.71. The number of hydrogen-bond acceptors (Lipinski definition) is 4. The van der Waals surface area contributed by atoms with Crippen LogP contribution in [-0.4, -0.2) is 40.0 Å². The lowest BCUT2D eigenvalue weighted by Gasteiger charge is -2.47. The maximum atomic E-state index is 18.8.